The van der Waals surface area contributed by atoms with Gasteiger partial charge in [-0.1, -0.05) is 0 Å². The third kappa shape index (κ3) is 3.19. The average molecular weight is 380 g/mol. The number of methoxy groups -OCH3 is 1. The Morgan fingerprint density at radius 2 is 1.92 bits per heavy atom. The van der Waals surface area contributed by atoms with Crippen molar-refractivity contribution in [3.05, 3.63) is 30.0 Å². The number of hydrogen-bond acceptors (Lipinski definition) is 7. The van der Waals surface area contributed by atoms with Crippen LogP contribution in [-0.4, -0.2) is 51.5 Å². The first-order valence-corrected chi connectivity index (χ1v) is 10.00. The van der Waals surface area contributed by atoms with Gasteiger partial charge in [-0.25, -0.2) is 13.2 Å². The predicted molar refractivity (Wildman–Crippen MR) is 95.9 cm³/mol. The normalized spacial score (nSPS) is 17.0. The molecule has 9 heteroatoms. The van der Waals surface area contributed by atoms with E-state index in [9.17, 15) is 18.0 Å². The number of nitrogens with one attached hydrogen (secondary N) is 2. The summed E-state index contributed by atoms with van der Waals surface area (Å²) in [6.07, 6.45) is 1.54. The molecule has 0 spiro atoms. The number of carbonyl (C=O) groups excluding carboxylic acids is 2. The van der Waals surface area contributed by atoms with E-state index < -0.39 is 26.5 Å². The van der Waals surface area contributed by atoms with Crippen LogP contribution in [0.1, 0.15) is 23.4 Å². The predicted octanol–water partition coefficient (Wildman–Crippen LogP) is 1.32. The molecule has 2 heterocycles. The van der Waals surface area contributed by atoms with Crippen molar-refractivity contribution >= 4 is 38.4 Å². The zero-order chi connectivity index (χ0) is 18.9. The molecule has 0 radical (unpaired) electrons. The van der Waals surface area contributed by atoms with E-state index in [1.807, 2.05) is 0 Å². The Hall–Kier alpha value is -2.39. The lowest BCUT2D eigenvalue weighted by atomic mass is 9.95. The van der Waals surface area contributed by atoms with Gasteiger partial charge in [0.1, 0.15) is 5.58 Å². The summed E-state index contributed by atoms with van der Waals surface area (Å²) in [6, 6.07) is 6.34. The van der Waals surface area contributed by atoms with E-state index in [1.165, 1.54) is 13.2 Å². The maximum Gasteiger partial charge on any atom is 0.373 e. The second-order valence-electron chi connectivity index (χ2n) is 6.33. The minimum Gasteiger partial charge on any atom is -0.463 e. The van der Waals surface area contributed by atoms with E-state index in [0.717, 1.165) is 6.26 Å². The van der Waals surface area contributed by atoms with Crippen LogP contribution in [0.5, 0.6) is 0 Å². The maximum absolute atomic E-state index is 12.8. The minimum atomic E-state index is -3.59. The van der Waals surface area contributed by atoms with E-state index in [-0.39, 0.29) is 18.6 Å². The number of sulfone groups is 1. The standard InChI is InChI=1S/C17H20N2O6S/c1-24-15(20)14-10-11-9-12(3-4-13(11)25-14)19-16(21)17(26(2,22)23)5-7-18-8-6-17/h3-4,9-10,18H,5-8H2,1-2H3,(H,19,21). The van der Waals surface area contributed by atoms with Gasteiger partial charge in [0.15, 0.2) is 14.6 Å². The topological polar surface area (TPSA) is 115 Å². The summed E-state index contributed by atoms with van der Waals surface area (Å²) < 4.78 is 33.2. The lowest BCUT2D eigenvalue weighted by Gasteiger charge is -2.34. The van der Waals surface area contributed by atoms with Gasteiger partial charge in [-0.3, -0.25) is 4.79 Å². The Kier molecular flexibility index (Phi) is 4.76. The molecule has 1 aliphatic heterocycles. The lowest BCUT2D eigenvalue weighted by molar-refractivity contribution is -0.119. The number of ether oxygens (including phenoxy) is 1. The smallest absolute Gasteiger partial charge is 0.373 e. The molecule has 1 aliphatic rings. The molecule has 26 heavy (non-hydrogen) atoms. The van der Waals surface area contributed by atoms with Gasteiger partial charge in [-0.2, -0.15) is 0 Å². The molecule has 0 bridgehead atoms. The van der Waals surface area contributed by atoms with Crippen LogP contribution in [0.4, 0.5) is 5.69 Å². The third-order valence-corrected chi connectivity index (χ3v) is 6.71. The number of esters is 1. The quantitative estimate of drug-likeness (QED) is 0.769. The van der Waals surface area contributed by atoms with Gasteiger partial charge in [0.2, 0.25) is 11.7 Å². The molecule has 2 N–H and O–H groups in total. The molecule has 8 nitrogen and oxygen atoms in total. The molecule has 2 aromatic rings. The fraction of sp³-hybridized carbons (Fsp3) is 0.412. The van der Waals surface area contributed by atoms with Gasteiger partial charge in [-0.15, -0.1) is 0 Å². The summed E-state index contributed by atoms with van der Waals surface area (Å²) in [5.74, 6) is -1.09. The zero-order valence-corrected chi connectivity index (χ0v) is 15.3. The van der Waals surface area contributed by atoms with Crippen molar-refractivity contribution in [3.8, 4) is 0 Å². The van der Waals surface area contributed by atoms with Crippen LogP contribution in [0.25, 0.3) is 11.0 Å². The van der Waals surface area contributed by atoms with Gasteiger partial charge in [0.25, 0.3) is 0 Å². The molecule has 1 amide bonds. The number of anilines is 1. The van der Waals surface area contributed by atoms with Crippen LogP contribution in [0.2, 0.25) is 0 Å². The zero-order valence-electron chi connectivity index (χ0n) is 14.5. The van der Waals surface area contributed by atoms with E-state index in [0.29, 0.717) is 29.7 Å². The van der Waals surface area contributed by atoms with E-state index in [4.69, 9.17) is 4.42 Å². The average Bonchev–Trinajstić information content (AvgIpc) is 3.04. The highest BCUT2D eigenvalue weighted by Crippen LogP contribution is 2.30. The first-order chi connectivity index (χ1) is 12.3. The second-order valence-corrected chi connectivity index (χ2v) is 8.65. The highest BCUT2D eigenvalue weighted by atomic mass is 32.2. The minimum absolute atomic E-state index is 0.0527. The van der Waals surface area contributed by atoms with Crippen LogP contribution in [0.3, 0.4) is 0 Å². The number of rotatable bonds is 4. The number of fused-ring (bicyclic) bond motifs is 1. The number of carbonyl (C=O) groups is 2. The first kappa shape index (κ1) is 18.4. The Bertz CT molecular complexity index is 957. The SMILES string of the molecule is COC(=O)c1cc2cc(NC(=O)C3(S(C)(=O)=O)CCNCC3)ccc2o1. The van der Waals surface area contributed by atoms with Crippen molar-refractivity contribution in [2.45, 2.75) is 17.6 Å². The maximum atomic E-state index is 12.8. The Labute approximate surface area is 150 Å². The van der Waals surface area contributed by atoms with E-state index in [1.54, 1.807) is 18.2 Å². The monoisotopic (exact) mass is 380 g/mol. The second kappa shape index (κ2) is 6.73. The summed E-state index contributed by atoms with van der Waals surface area (Å²) in [5.41, 5.74) is 0.893. The Morgan fingerprint density at radius 3 is 2.54 bits per heavy atom. The number of furan rings is 1. The molecular weight excluding hydrogens is 360 g/mol. The molecule has 1 fully saturated rings. The molecule has 140 valence electrons. The molecular formula is C17H20N2O6S. The largest absolute Gasteiger partial charge is 0.463 e. The van der Waals surface area contributed by atoms with E-state index in [2.05, 4.69) is 15.4 Å². The summed E-state index contributed by atoms with van der Waals surface area (Å²) in [4.78, 5) is 24.4. The molecule has 3 rings (SSSR count). The summed E-state index contributed by atoms with van der Waals surface area (Å²) in [6.45, 7) is 0.924. The fourth-order valence-electron chi connectivity index (χ4n) is 3.16. The molecule has 0 saturated carbocycles. The number of benzene rings is 1. The van der Waals surface area contributed by atoms with Crippen molar-refractivity contribution in [2.75, 3.05) is 31.8 Å². The van der Waals surface area contributed by atoms with Crippen LogP contribution in [0, 0.1) is 0 Å². The molecule has 1 saturated heterocycles. The molecule has 1 aromatic heterocycles. The lowest BCUT2D eigenvalue weighted by Crippen LogP contribution is -2.55. The summed E-state index contributed by atoms with van der Waals surface area (Å²) >= 11 is 0. The molecule has 0 atom stereocenters. The highest BCUT2D eigenvalue weighted by molar-refractivity contribution is 7.92. The van der Waals surface area contributed by atoms with Crippen molar-refractivity contribution < 1.29 is 27.2 Å². The van der Waals surface area contributed by atoms with Gasteiger partial charge >= 0.3 is 5.97 Å². The fourth-order valence-corrected chi connectivity index (χ4v) is 4.50. The van der Waals surface area contributed by atoms with Crippen LogP contribution >= 0.6 is 0 Å². The first-order valence-electron chi connectivity index (χ1n) is 8.10. The van der Waals surface area contributed by atoms with Gasteiger partial charge in [-0.05, 0) is 50.2 Å². The summed E-state index contributed by atoms with van der Waals surface area (Å²) in [5, 5.41) is 6.37. The Balaban J connectivity index is 1.89. The summed E-state index contributed by atoms with van der Waals surface area (Å²) in [7, 11) is -2.34. The molecule has 0 unspecified atom stereocenters. The van der Waals surface area contributed by atoms with Crippen molar-refractivity contribution in [1.29, 1.82) is 0 Å². The number of piperidine rings is 1. The van der Waals surface area contributed by atoms with Crippen LogP contribution < -0.4 is 10.6 Å². The molecule has 1 aromatic carbocycles. The number of amides is 1. The van der Waals surface area contributed by atoms with Crippen LogP contribution in [0.15, 0.2) is 28.7 Å². The third-order valence-electron chi connectivity index (χ3n) is 4.70. The van der Waals surface area contributed by atoms with Gasteiger partial charge in [0.05, 0.1) is 7.11 Å². The van der Waals surface area contributed by atoms with E-state index >= 15 is 0 Å². The number of hydrogen-bond donors (Lipinski definition) is 2. The van der Waals surface area contributed by atoms with Crippen LogP contribution in [-0.2, 0) is 19.4 Å². The van der Waals surface area contributed by atoms with Crippen molar-refractivity contribution in [3.63, 3.8) is 0 Å². The van der Waals surface area contributed by atoms with Crippen molar-refractivity contribution in [2.24, 2.45) is 0 Å². The van der Waals surface area contributed by atoms with Crippen molar-refractivity contribution in [1.82, 2.24) is 5.32 Å². The highest BCUT2D eigenvalue weighted by Gasteiger charge is 2.48. The van der Waals surface area contributed by atoms with Gasteiger partial charge < -0.3 is 19.8 Å². The molecule has 0 aliphatic carbocycles. The Morgan fingerprint density at radius 1 is 1.23 bits per heavy atom. The van der Waals surface area contributed by atoms with Gasteiger partial charge in [0, 0.05) is 17.3 Å².